The quantitative estimate of drug-likeness (QED) is 0.706. The van der Waals surface area contributed by atoms with Crippen molar-refractivity contribution in [3.63, 3.8) is 0 Å². The fourth-order valence-electron chi connectivity index (χ4n) is 3.67. The zero-order chi connectivity index (χ0) is 19.5. The number of piperidine rings is 1. The summed E-state index contributed by atoms with van der Waals surface area (Å²) in [7, 11) is 0. The van der Waals surface area contributed by atoms with E-state index in [0.29, 0.717) is 29.6 Å². The van der Waals surface area contributed by atoms with Gasteiger partial charge < -0.3 is 9.73 Å². The number of hydrogen-bond acceptors (Lipinski definition) is 4. The van der Waals surface area contributed by atoms with Crippen LogP contribution in [0.25, 0.3) is 11.0 Å². The molecule has 0 aliphatic carbocycles. The van der Waals surface area contributed by atoms with Gasteiger partial charge in [0.25, 0.3) is 5.91 Å². The van der Waals surface area contributed by atoms with Gasteiger partial charge in [-0.2, -0.15) is 0 Å². The van der Waals surface area contributed by atoms with Gasteiger partial charge in [0.2, 0.25) is 0 Å². The molecule has 5 nitrogen and oxygen atoms in total. The second-order valence-corrected chi connectivity index (χ2v) is 7.12. The average molecular weight is 380 g/mol. The number of benzene rings is 2. The van der Waals surface area contributed by atoms with Crippen LogP contribution < -0.4 is 10.9 Å². The van der Waals surface area contributed by atoms with E-state index < -0.39 is 11.5 Å². The van der Waals surface area contributed by atoms with Crippen molar-refractivity contribution in [3.8, 4) is 0 Å². The Morgan fingerprint density at radius 2 is 1.96 bits per heavy atom. The van der Waals surface area contributed by atoms with Gasteiger partial charge in [-0.3, -0.25) is 9.69 Å². The smallest absolute Gasteiger partial charge is 0.349 e. The Morgan fingerprint density at radius 1 is 1.18 bits per heavy atom. The van der Waals surface area contributed by atoms with Crippen molar-refractivity contribution in [1.29, 1.82) is 0 Å². The highest BCUT2D eigenvalue weighted by molar-refractivity contribution is 5.96. The lowest BCUT2D eigenvalue weighted by molar-refractivity contribution is 0.0896. The van der Waals surface area contributed by atoms with Gasteiger partial charge in [0.05, 0.1) is 0 Å². The lowest BCUT2D eigenvalue weighted by atomic mass is 10.0. The van der Waals surface area contributed by atoms with E-state index in [1.54, 1.807) is 36.4 Å². The van der Waals surface area contributed by atoms with Gasteiger partial charge in [0.1, 0.15) is 17.0 Å². The van der Waals surface area contributed by atoms with Crippen LogP contribution in [0, 0.1) is 5.82 Å². The molecule has 6 heteroatoms. The highest BCUT2D eigenvalue weighted by Gasteiger charge is 2.24. The number of carbonyl (C=O) groups is 1. The number of likely N-dealkylation sites (tertiary alicyclic amines) is 1. The third-order valence-electron chi connectivity index (χ3n) is 5.08. The Bertz CT molecular complexity index is 1060. The maximum atomic E-state index is 13.9. The summed E-state index contributed by atoms with van der Waals surface area (Å²) >= 11 is 0. The minimum Gasteiger partial charge on any atom is -0.422 e. The zero-order valence-electron chi connectivity index (χ0n) is 15.4. The molecule has 2 heterocycles. The topological polar surface area (TPSA) is 62.6 Å². The molecule has 0 saturated carbocycles. The third kappa shape index (κ3) is 3.97. The van der Waals surface area contributed by atoms with Crippen LogP contribution in [0.4, 0.5) is 4.39 Å². The minimum atomic E-state index is -0.643. The van der Waals surface area contributed by atoms with Crippen molar-refractivity contribution in [2.24, 2.45) is 0 Å². The zero-order valence-corrected chi connectivity index (χ0v) is 15.4. The summed E-state index contributed by atoms with van der Waals surface area (Å²) in [4.78, 5) is 26.9. The van der Waals surface area contributed by atoms with Crippen LogP contribution >= 0.6 is 0 Å². The molecule has 1 fully saturated rings. The summed E-state index contributed by atoms with van der Waals surface area (Å²) in [5, 5.41) is 3.64. The Hall–Kier alpha value is -2.99. The maximum absolute atomic E-state index is 13.9. The highest BCUT2D eigenvalue weighted by atomic mass is 19.1. The first-order chi connectivity index (χ1) is 13.6. The van der Waals surface area contributed by atoms with Crippen LogP contribution in [-0.2, 0) is 6.54 Å². The van der Waals surface area contributed by atoms with Crippen LogP contribution in [0.2, 0.25) is 0 Å². The summed E-state index contributed by atoms with van der Waals surface area (Å²) in [6, 6.07) is 15.3. The van der Waals surface area contributed by atoms with Crippen molar-refractivity contribution >= 4 is 16.9 Å². The first-order valence-electron chi connectivity index (χ1n) is 9.39. The molecule has 1 N–H and O–H groups in total. The Kier molecular flexibility index (Phi) is 5.21. The van der Waals surface area contributed by atoms with Crippen molar-refractivity contribution < 1.29 is 13.6 Å². The molecule has 144 valence electrons. The lowest BCUT2D eigenvalue weighted by Crippen LogP contribution is -2.48. The molecule has 1 unspecified atom stereocenters. The van der Waals surface area contributed by atoms with E-state index in [4.69, 9.17) is 4.42 Å². The molecule has 1 aromatic heterocycles. The monoisotopic (exact) mass is 380 g/mol. The van der Waals surface area contributed by atoms with Gasteiger partial charge in [-0.1, -0.05) is 36.4 Å². The van der Waals surface area contributed by atoms with Crippen LogP contribution in [0.3, 0.4) is 0 Å². The van der Waals surface area contributed by atoms with Gasteiger partial charge in [0, 0.05) is 30.1 Å². The van der Waals surface area contributed by atoms with Gasteiger partial charge in [-0.25, -0.2) is 9.18 Å². The number of hydrogen-bond donors (Lipinski definition) is 1. The van der Waals surface area contributed by atoms with Crippen LogP contribution in [-0.4, -0.2) is 29.9 Å². The van der Waals surface area contributed by atoms with Crippen molar-refractivity contribution in [2.75, 3.05) is 13.1 Å². The summed E-state index contributed by atoms with van der Waals surface area (Å²) in [5.74, 6) is -0.653. The predicted molar refractivity (Wildman–Crippen MR) is 105 cm³/mol. The molecule has 0 spiro atoms. The molecule has 28 heavy (non-hydrogen) atoms. The number of nitrogens with one attached hydrogen (secondary N) is 1. The summed E-state index contributed by atoms with van der Waals surface area (Å²) in [5.41, 5.74) is 0.461. The number of carbonyl (C=O) groups excluding carboxylic acids is 1. The summed E-state index contributed by atoms with van der Waals surface area (Å²) in [6.45, 7) is 1.95. The number of nitrogens with zero attached hydrogens (tertiary/aromatic N) is 1. The molecule has 1 amide bonds. The molecule has 3 aromatic rings. The number of para-hydroxylation sites is 1. The molecule has 1 aliphatic rings. The predicted octanol–water partition coefficient (Wildman–Crippen LogP) is 3.33. The number of fused-ring (bicyclic) bond motifs is 1. The number of halogens is 1. The lowest BCUT2D eigenvalue weighted by Gasteiger charge is -2.33. The van der Waals surface area contributed by atoms with Crippen molar-refractivity contribution in [2.45, 2.75) is 25.4 Å². The molecular weight excluding hydrogens is 359 g/mol. The standard InChI is InChI=1S/C22H21FN2O3/c23-19-9-3-1-7-16(19)13-25-11-5-8-17(14-25)24-21(26)18-12-15-6-2-4-10-20(15)28-22(18)27/h1-4,6-7,9-10,12,17H,5,8,11,13-14H2,(H,24,26). The molecule has 0 bridgehead atoms. The number of rotatable bonds is 4. The van der Waals surface area contributed by atoms with E-state index in [1.165, 1.54) is 6.07 Å². The molecule has 1 aliphatic heterocycles. The minimum absolute atomic E-state index is 0.00456. The van der Waals surface area contributed by atoms with Crippen molar-refractivity contribution in [1.82, 2.24) is 10.2 Å². The Morgan fingerprint density at radius 3 is 2.82 bits per heavy atom. The third-order valence-corrected chi connectivity index (χ3v) is 5.08. The van der Waals surface area contributed by atoms with Gasteiger partial charge in [-0.05, 0) is 37.6 Å². The fraction of sp³-hybridized carbons (Fsp3) is 0.273. The highest BCUT2D eigenvalue weighted by Crippen LogP contribution is 2.17. The van der Waals surface area contributed by atoms with E-state index >= 15 is 0 Å². The van der Waals surface area contributed by atoms with E-state index in [2.05, 4.69) is 10.2 Å². The second-order valence-electron chi connectivity index (χ2n) is 7.12. The fourth-order valence-corrected chi connectivity index (χ4v) is 3.67. The molecule has 1 saturated heterocycles. The summed E-state index contributed by atoms with van der Waals surface area (Å²) in [6.07, 6.45) is 1.71. The van der Waals surface area contributed by atoms with Crippen molar-refractivity contribution in [3.05, 3.63) is 82.0 Å². The van der Waals surface area contributed by atoms with E-state index in [1.807, 2.05) is 12.1 Å². The first kappa shape index (κ1) is 18.4. The molecule has 1 atom stereocenters. The van der Waals surface area contributed by atoms with Crippen LogP contribution in [0.5, 0.6) is 0 Å². The van der Waals surface area contributed by atoms with E-state index in [0.717, 1.165) is 19.4 Å². The van der Waals surface area contributed by atoms with Gasteiger partial charge in [0.15, 0.2) is 0 Å². The van der Waals surface area contributed by atoms with Crippen LogP contribution in [0.1, 0.15) is 28.8 Å². The van der Waals surface area contributed by atoms with E-state index in [-0.39, 0.29) is 17.4 Å². The van der Waals surface area contributed by atoms with E-state index in [9.17, 15) is 14.0 Å². The second kappa shape index (κ2) is 7.94. The van der Waals surface area contributed by atoms with Gasteiger partial charge >= 0.3 is 5.63 Å². The summed E-state index contributed by atoms with van der Waals surface area (Å²) < 4.78 is 19.2. The Balaban J connectivity index is 1.45. The Labute approximate surface area is 161 Å². The SMILES string of the molecule is O=C(NC1CCCN(Cc2ccccc2F)C1)c1cc2ccccc2oc1=O. The molecular formula is C22H21FN2O3. The molecule has 2 aromatic carbocycles. The normalized spacial score (nSPS) is 17.5. The molecule has 0 radical (unpaired) electrons. The average Bonchev–Trinajstić information content (AvgIpc) is 2.69. The largest absolute Gasteiger partial charge is 0.422 e. The number of amides is 1. The first-order valence-corrected chi connectivity index (χ1v) is 9.39. The molecule has 4 rings (SSSR count). The maximum Gasteiger partial charge on any atom is 0.349 e. The van der Waals surface area contributed by atoms with Gasteiger partial charge in [-0.15, -0.1) is 0 Å². The van der Waals surface area contributed by atoms with Crippen LogP contribution in [0.15, 0.2) is 63.8 Å².